The third-order valence-electron chi connectivity index (χ3n) is 17.6. The fraction of sp³-hybridized carbons (Fsp3) is 0.797. The quantitative estimate of drug-likeness (QED) is 0.0167. The van der Waals surface area contributed by atoms with Crippen LogP contribution in [0.5, 0.6) is 5.75 Å². The molecule has 5 amide bonds. The van der Waals surface area contributed by atoms with Gasteiger partial charge in [0.1, 0.15) is 134 Å². The zero-order chi connectivity index (χ0) is 73.7. The van der Waals surface area contributed by atoms with Crippen molar-refractivity contribution in [2.45, 2.75) is 271 Å². The van der Waals surface area contributed by atoms with Crippen LogP contribution < -0.4 is 31.3 Å². The zero-order valence-electron chi connectivity index (χ0n) is 57.3. The maximum Gasteiger partial charge on any atom is 0.251 e. The van der Waals surface area contributed by atoms with Gasteiger partial charge in [0.2, 0.25) is 23.6 Å². The summed E-state index contributed by atoms with van der Waals surface area (Å²) in [5.41, 5.74) is 0.0485. The number of aliphatic hydroxyl groups excluding tert-OH is 13. The number of hydrogen-bond donors (Lipinski definition) is 18. The highest BCUT2D eigenvalue weighted by Gasteiger charge is 2.57. The molecule has 0 bridgehead atoms. The number of hydrogen-bond acceptors (Lipinski definition) is 31. The van der Waals surface area contributed by atoms with Gasteiger partial charge in [-0.2, -0.15) is 0 Å². The molecule has 5 aliphatic heterocycles. The van der Waals surface area contributed by atoms with Gasteiger partial charge < -0.3 is 155 Å². The maximum absolute atomic E-state index is 14.0. The van der Waals surface area contributed by atoms with Crippen LogP contribution in [0.2, 0.25) is 0 Å². The first kappa shape index (κ1) is 84.1. The van der Waals surface area contributed by atoms with E-state index in [1.165, 1.54) is 52.9 Å². The summed E-state index contributed by atoms with van der Waals surface area (Å²) in [6, 6.07) is -1.92. The van der Waals surface area contributed by atoms with Crippen molar-refractivity contribution in [3.05, 3.63) is 42.0 Å². The van der Waals surface area contributed by atoms with Crippen molar-refractivity contribution in [1.82, 2.24) is 26.6 Å². The lowest BCUT2D eigenvalue weighted by Gasteiger charge is -2.51. The van der Waals surface area contributed by atoms with E-state index in [1.807, 2.05) is 0 Å². The van der Waals surface area contributed by atoms with Crippen LogP contribution in [0.25, 0.3) is 0 Å². The van der Waals surface area contributed by atoms with Crippen LogP contribution in [0.1, 0.15) is 104 Å². The molecular weight excluding hydrogens is 1330 g/mol. The predicted molar refractivity (Wildman–Crippen MR) is 340 cm³/mol. The average molecular weight is 1440 g/mol. The van der Waals surface area contributed by atoms with Gasteiger partial charge in [0.05, 0.1) is 58.4 Å². The van der Waals surface area contributed by atoms with Crippen molar-refractivity contribution in [1.29, 1.82) is 0 Å². The fourth-order valence-corrected chi connectivity index (χ4v) is 12.2. The Morgan fingerprint density at radius 2 is 1.04 bits per heavy atom. The standard InChI is InChI=1S/C64H105N5O31/c1-9-10-11-12-13-14-15-16-17-21-89-36-20-18-19-35(22-36)58(86)69-43-49(81)48(80)38(24-71)94-61(43)98-55-40(26-73)96-63(45(51(55)83)67-33(6)77)100-56-41(27-74)97-62(46(52(56)84)68-34(7)78)99-54-39(25-72)95-60(44(50(54)82)66-32(5)76)93-37(23-70)42(92-59(87)29(2)65-31(4)75)28-90-64-57(88-8)53(85)47(79)30(3)91-64/h14-15,18-20,22,29-30,37-57,59-64,70-74,79-85,87H,9-13,16-17,21,23-28H2,1-8H3,(H,65,75)(H,66,76)(H,67,77)(H,68,78)(H,69,86)/b15-14-/t29-,30?,37?,38?,39-,40-,41?,42?,43-,44?,45?,46-,47?,48+,49+,50?,51?,52+,53-,54+,55+,56?,57+,59?,60?,61?,62-,63-,64+/m0/s1. The summed E-state index contributed by atoms with van der Waals surface area (Å²) in [5, 5.41) is 158. The molecule has 36 nitrogen and oxygen atoms in total. The highest BCUT2D eigenvalue weighted by atomic mass is 16.8. The molecule has 14 unspecified atom stereocenters. The smallest absolute Gasteiger partial charge is 0.251 e. The van der Waals surface area contributed by atoms with Gasteiger partial charge in [-0.3, -0.25) is 24.0 Å². The van der Waals surface area contributed by atoms with Crippen molar-refractivity contribution in [3.8, 4) is 5.75 Å². The number of rotatable bonds is 37. The second-order valence-electron chi connectivity index (χ2n) is 25.3. The number of carbonyl (C=O) groups is 5. The van der Waals surface area contributed by atoms with Crippen LogP contribution in [0, 0.1) is 0 Å². The highest BCUT2D eigenvalue weighted by molar-refractivity contribution is 5.94. The summed E-state index contributed by atoms with van der Waals surface area (Å²) in [7, 11) is 1.21. The van der Waals surface area contributed by atoms with Gasteiger partial charge in [0, 0.05) is 40.4 Å². The number of amides is 5. The number of unbranched alkanes of at least 4 members (excludes halogenated alkanes) is 5. The van der Waals surface area contributed by atoms with Crippen LogP contribution in [0.4, 0.5) is 0 Å². The number of allylic oxidation sites excluding steroid dienone is 2. The summed E-state index contributed by atoms with van der Waals surface area (Å²) < 4.78 is 77.9. The summed E-state index contributed by atoms with van der Waals surface area (Å²) in [4.78, 5) is 64.7. The minimum Gasteiger partial charge on any atom is -0.494 e. The van der Waals surface area contributed by atoms with Gasteiger partial charge in [-0.15, -0.1) is 0 Å². The van der Waals surface area contributed by atoms with Gasteiger partial charge in [0.25, 0.3) is 5.91 Å². The molecule has 0 saturated carbocycles. The van der Waals surface area contributed by atoms with E-state index in [9.17, 15) is 90.4 Å². The Morgan fingerprint density at radius 1 is 0.550 bits per heavy atom. The highest BCUT2D eigenvalue weighted by Crippen LogP contribution is 2.36. The molecule has 572 valence electrons. The first-order valence-corrected chi connectivity index (χ1v) is 33.6. The third kappa shape index (κ3) is 22.8. The number of ether oxygens (including phenoxy) is 13. The summed E-state index contributed by atoms with van der Waals surface area (Å²) in [6.07, 6.45) is -30.0. The zero-order valence-corrected chi connectivity index (χ0v) is 57.3. The molecule has 5 aliphatic rings. The van der Waals surface area contributed by atoms with Crippen molar-refractivity contribution < 1.29 is 152 Å². The molecule has 0 radical (unpaired) electrons. The van der Waals surface area contributed by atoms with Crippen molar-refractivity contribution in [3.63, 3.8) is 0 Å². The molecule has 1 aromatic rings. The summed E-state index contributed by atoms with van der Waals surface area (Å²) >= 11 is 0. The SMILES string of the molecule is CCCCCC/C=C\CCCOc1cccc(C(=O)N[C@@H]2C(O[C@H]3C(O)C(NC(C)=O)[C@H](OC4C(CO)O[C@@H](O[C@H]5C(O)C(NC(C)=O)C(OC(CO)C(CO[C@@H]6OC(C)C(O)[C@H](O)[C@H]6OC)OC(O)[C@H](C)NC(C)=O)O[C@H]5CO)[C@@H](NC(C)=O)[C@H]4O)O[C@H]3CO)OC(CO)[C@@H](O)[C@@H]2O)c1. The molecule has 0 aromatic heterocycles. The van der Waals surface area contributed by atoms with Crippen LogP contribution in [-0.2, 0) is 76.0 Å². The molecule has 5 heterocycles. The Labute approximate surface area is 578 Å². The molecule has 18 N–H and O–H groups in total. The van der Waals surface area contributed by atoms with E-state index < -0.39 is 247 Å². The number of aliphatic hydroxyl groups is 13. The molecule has 29 atom stereocenters. The Morgan fingerprint density at radius 3 is 1.52 bits per heavy atom. The molecule has 100 heavy (non-hydrogen) atoms. The molecule has 0 spiro atoms. The lowest BCUT2D eigenvalue weighted by atomic mass is 9.93. The number of benzene rings is 1. The third-order valence-corrected chi connectivity index (χ3v) is 17.6. The Hall–Kier alpha value is -4.89. The van der Waals surface area contributed by atoms with Gasteiger partial charge >= 0.3 is 0 Å². The van der Waals surface area contributed by atoms with E-state index in [1.54, 1.807) is 12.1 Å². The second-order valence-corrected chi connectivity index (χ2v) is 25.3. The summed E-state index contributed by atoms with van der Waals surface area (Å²) in [5.74, 6) is -3.49. The van der Waals surface area contributed by atoms with Crippen molar-refractivity contribution >= 4 is 29.5 Å². The maximum atomic E-state index is 14.0. The Bertz CT molecular complexity index is 2700. The van der Waals surface area contributed by atoms with E-state index in [-0.39, 0.29) is 5.56 Å². The number of nitrogens with one attached hydrogen (secondary N) is 5. The number of methoxy groups -OCH3 is 1. The predicted octanol–water partition coefficient (Wildman–Crippen LogP) is -6.08. The minimum atomic E-state index is -2.06. The van der Waals surface area contributed by atoms with Gasteiger partial charge in [-0.05, 0) is 57.7 Å². The van der Waals surface area contributed by atoms with E-state index in [0.29, 0.717) is 18.8 Å². The van der Waals surface area contributed by atoms with Crippen LogP contribution >= 0.6 is 0 Å². The molecule has 1 aromatic carbocycles. The van der Waals surface area contributed by atoms with Crippen LogP contribution in [0.15, 0.2) is 36.4 Å². The van der Waals surface area contributed by atoms with Gasteiger partial charge in [0.15, 0.2) is 37.7 Å². The largest absolute Gasteiger partial charge is 0.494 e. The normalized spacial score (nSPS) is 36.0. The fourth-order valence-electron chi connectivity index (χ4n) is 12.2. The topological polar surface area (TPSA) is 528 Å². The van der Waals surface area contributed by atoms with Crippen molar-refractivity contribution in [2.75, 3.05) is 53.4 Å². The molecule has 0 aliphatic carbocycles. The molecular formula is C64H105N5O31. The van der Waals surface area contributed by atoms with Crippen molar-refractivity contribution in [2.24, 2.45) is 0 Å². The first-order valence-electron chi connectivity index (χ1n) is 33.6. The number of carbonyl (C=O) groups excluding carboxylic acids is 5. The Kier molecular flexibility index (Phi) is 34.4. The first-order chi connectivity index (χ1) is 47.6. The molecule has 5 saturated heterocycles. The van der Waals surface area contributed by atoms with E-state index in [2.05, 4.69) is 45.7 Å². The monoisotopic (exact) mass is 1440 g/mol. The van der Waals surface area contributed by atoms with Crippen LogP contribution in [-0.4, -0.2) is 327 Å². The summed E-state index contributed by atoms with van der Waals surface area (Å²) in [6.45, 7) is 4.00. The van der Waals surface area contributed by atoms with Crippen LogP contribution in [0.3, 0.4) is 0 Å². The lowest BCUT2D eigenvalue weighted by molar-refractivity contribution is -0.365. The Balaban J connectivity index is 1.20. The minimum absolute atomic E-state index is 0.0485. The second kappa shape index (κ2) is 41.0. The molecule has 5 fully saturated rings. The van der Waals surface area contributed by atoms with E-state index in [4.69, 9.17) is 61.6 Å². The van der Waals surface area contributed by atoms with Gasteiger partial charge in [-0.25, -0.2) is 0 Å². The molecule has 6 rings (SSSR count). The van der Waals surface area contributed by atoms with E-state index in [0.717, 1.165) is 46.5 Å². The average Bonchev–Trinajstić information content (AvgIpc) is 0.767. The van der Waals surface area contributed by atoms with Gasteiger partial charge in [-0.1, -0.05) is 44.4 Å². The molecule has 36 heteroatoms. The lowest BCUT2D eigenvalue weighted by Crippen LogP contribution is -2.72. The van der Waals surface area contributed by atoms with E-state index >= 15 is 0 Å².